The average molecular weight is 407 g/mol. The van der Waals surface area contributed by atoms with Crippen molar-refractivity contribution in [1.82, 2.24) is 19.7 Å². The Kier molecular flexibility index (Phi) is 4.88. The standard InChI is InChI=1S/C18H19ClN4OS2/c1-11-13-6-8-26-16(13)5-7-22(11)10-23-18(25)20-17(21-23)14-9-12(19)3-4-15(14)24-2/h3-4,6,8-9,11H,5,7,10H2,1-2H3,(H,20,21,25)/t11-/m1/s1. The molecule has 5 nitrogen and oxygen atoms in total. The van der Waals surface area contributed by atoms with Gasteiger partial charge in [0.2, 0.25) is 4.77 Å². The molecule has 0 saturated heterocycles. The quantitative estimate of drug-likeness (QED) is 0.625. The topological polar surface area (TPSA) is 46.1 Å². The van der Waals surface area contributed by atoms with E-state index in [9.17, 15) is 0 Å². The molecular formula is C18H19ClN4OS2. The van der Waals surface area contributed by atoms with Crippen LogP contribution in [-0.2, 0) is 13.1 Å². The van der Waals surface area contributed by atoms with Gasteiger partial charge in [-0.2, -0.15) is 4.98 Å². The van der Waals surface area contributed by atoms with Gasteiger partial charge in [0, 0.05) is 22.5 Å². The fourth-order valence-electron chi connectivity index (χ4n) is 3.37. The highest BCUT2D eigenvalue weighted by atomic mass is 35.5. The van der Waals surface area contributed by atoms with Crippen LogP contribution in [0.25, 0.3) is 11.4 Å². The zero-order valence-electron chi connectivity index (χ0n) is 14.5. The van der Waals surface area contributed by atoms with Crippen LogP contribution in [-0.4, -0.2) is 33.3 Å². The van der Waals surface area contributed by atoms with Gasteiger partial charge in [-0.3, -0.25) is 10.00 Å². The molecule has 0 aliphatic carbocycles. The molecule has 0 amide bonds. The number of fused-ring (bicyclic) bond motifs is 1. The molecule has 8 heteroatoms. The highest BCUT2D eigenvalue weighted by Gasteiger charge is 2.25. The number of methoxy groups -OCH3 is 1. The zero-order valence-corrected chi connectivity index (χ0v) is 16.9. The lowest BCUT2D eigenvalue weighted by atomic mass is 10.0. The molecule has 136 valence electrons. The number of benzene rings is 1. The van der Waals surface area contributed by atoms with Gasteiger partial charge >= 0.3 is 0 Å². The highest BCUT2D eigenvalue weighted by molar-refractivity contribution is 7.71. The van der Waals surface area contributed by atoms with Crippen LogP contribution in [0.5, 0.6) is 5.75 Å². The van der Waals surface area contributed by atoms with Crippen molar-refractivity contribution in [3.05, 3.63) is 49.9 Å². The summed E-state index contributed by atoms with van der Waals surface area (Å²) in [7, 11) is 1.63. The van der Waals surface area contributed by atoms with Crippen molar-refractivity contribution in [3.63, 3.8) is 0 Å². The Balaban J connectivity index is 1.62. The Hall–Kier alpha value is -1.67. The number of rotatable bonds is 4. The van der Waals surface area contributed by atoms with Crippen molar-refractivity contribution in [2.24, 2.45) is 0 Å². The van der Waals surface area contributed by atoms with Crippen molar-refractivity contribution >= 4 is 35.2 Å². The number of aromatic amines is 1. The highest BCUT2D eigenvalue weighted by Crippen LogP contribution is 2.33. The monoisotopic (exact) mass is 406 g/mol. The van der Waals surface area contributed by atoms with E-state index in [-0.39, 0.29) is 0 Å². The fraction of sp³-hybridized carbons (Fsp3) is 0.333. The Labute approximate surface area is 166 Å². The van der Waals surface area contributed by atoms with Gasteiger partial charge in [0.1, 0.15) is 5.75 Å². The number of H-pyrrole nitrogens is 1. The maximum Gasteiger partial charge on any atom is 0.217 e. The van der Waals surface area contributed by atoms with Crippen molar-refractivity contribution in [1.29, 1.82) is 0 Å². The van der Waals surface area contributed by atoms with Crippen LogP contribution < -0.4 is 4.74 Å². The van der Waals surface area contributed by atoms with Gasteiger partial charge in [0.25, 0.3) is 0 Å². The van der Waals surface area contributed by atoms with Crippen LogP contribution in [0.2, 0.25) is 5.02 Å². The van der Waals surface area contributed by atoms with Gasteiger partial charge in [-0.25, -0.2) is 4.68 Å². The first-order valence-corrected chi connectivity index (χ1v) is 10.0. The average Bonchev–Trinajstić information content (AvgIpc) is 3.25. The number of halogens is 1. The third-order valence-corrected chi connectivity index (χ3v) is 6.37. The lowest BCUT2D eigenvalue weighted by Gasteiger charge is -2.33. The Bertz CT molecular complexity index is 993. The molecule has 1 aromatic carbocycles. The minimum absolute atomic E-state index is 0.361. The first-order valence-electron chi connectivity index (χ1n) is 8.38. The number of nitrogens with one attached hydrogen (secondary N) is 1. The molecule has 1 N–H and O–H groups in total. The van der Waals surface area contributed by atoms with Crippen LogP contribution in [0, 0.1) is 4.77 Å². The first kappa shape index (κ1) is 17.7. The molecule has 1 atom stereocenters. The summed E-state index contributed by atoms with van der Waals surface area (Å²) in [4.78, 5) is 8.41. The van der Waals surface area contributed by atoms with Crippen molar-refractivity contribution in [2.75, 3.05) is 13.7 Å². The summed E-state index contributed by atoms with van der Waals surface area (Å²) in [6.45, 7) is 3.92. The molecule has 0 unspecified atom stereocenters. The SMILES string of the molecule is COc1ccc(Cl)cc1-c1nc(=S)n(CN2CCc3sccc3[C@H]2C)[nH]1. The molecule has 1 aliphatic heterocycles. The van der Waals surface area contributed by atoms with Gasteiger partial charge in [-0.15, -0.1) is 11.3 Å². The summed E-state index contributed by atoms with van der Waals surface area (Å²) >= 11 is 13.5. The lowest BCUT2D eigenvalue weighted by molar-refractivity contribution is 0.144. The summed E-state index contributed by atoms with van der Waals surface area (Å²) in [6.07, 6.45) is 1.08. The van der Waals surface area contributed by atoms with Crippen molar-refractivity contribution in [2.45, 2.75) is 26.1 Å². The molecule has 4 rings (SSSR count). The Morgan fingerprint density at radius 1 is 1.42 bits per heavy atom. The summed E-state index contributed by atoms with van der Waals surface area (Å²) in [6, 6.07) is 8.05. The number of hydrogen-bond donors (Lipinski definition) is 1. The van der Waals surface area contributed by atoms with Crippen molar-refractivity contribution < 1.29 is 4.74 Å². The zero-order chi connectivity index (χ0) is 18.3. The normalized spacial score (nSPS) is 17.3. The minimum Gasteiger partial charge on any atom is -0.496 e. The second-order valence-electron chi connectivity index (χ2n) is 6.31. The second kappa shape index (κ2) is 7.15. The number of aromatic nitrogens is 3. The Morgan fingerprint density at radius 2 is 2.27 bits per heavy atom. The third-order valence-electron chi connectivity index (χ3n) is 4.82. The molecule has 0 bridgehead atoms. The third kappa shape index (κ3) is 3.20. The molecule has 3 heterocycles. The largest absolute Gasteiger partial charge is 0.496 e. The minimum atomic E-state index is 0.361. The maximum absolute atomic E-state index is 6.14. The van der Waals surface area contributed by atoms with E-state index in [1.54, 1.807) is 13.2 Å². The Morgan fingerprint density at radius 3 is 3.08 bits per heavy atom. The molecule has 0 saturated carbocycles. The van der Waals surface area contributed by atoms with Gasteiger partial charge in [0.15, 0.2) is 5.82 Å². The lowest BCUT2D eigenvalue weighted by Crippen LogP contribution is -2.35. The molecule has 2 aromatic heterocycles. The van der Waals surface area contributed by atoms with Crippen LogP contribution in [0.15, 0.2) is 29.6 Å². The number of hydrogen-bond acceptors (Lipinski definition) is 5. The molecule has 0 fully saturated rings. The van der Waals surface area contributed by atoms with Gasteiger partial charge in [-0.05, 0) is 60.8 Å². The van der Waals surface area contributed by atoms with E-state index in [0.717, 1.165) is 18.5 Å². The molecule has 0 radical (unpaired) electrons. The number of ether oxygens (including phenoxy) is 1. The first-order chi connectivity index (χ1) is 12.6. The van der Waals surface area contributed by atoms with Crippen molar-refractivity contribution in [3.8, 4) is 17.1 Å². The van der Waals surface area contributed by atoms with Crippen LogP contribution in [0.1, 0.15) is 23.4 Å². The van der Waals surface area contributed by atoms with E-state index in [0.29, 0.717) is 34.1 Å². The van der Waals surface area contributed by atoms with E-state index in [2.05, 4.69) is 33.4 Å². The predicted molar refractivity (Wildman–Crippen MR) is 108 cm³/mol. The van der Waals surface area contributed by atoms with Gasteiger partial charge in [-0.1, -0.05) is 11.6 Å². The van der Waals surface area contributed by atoms with Crippen LogP contribution in [0.4, 0.5) is 0 Å². The molecule has 1 aliphatic rings. The molecule has 3 aromatic rings. The summed E-state index contributed by atoms with van der Waals surface area (Å²) in [5, 5.41) is 6.11. The summed E-state index contributed by atoms with van der Waals surface area (Å²) < 4.78 is 7.85. The van der Waals surface area contributed by atoms with E-state index >= 15 is 0 Å². The molecule has 26 heavy (non-hydrogen) atoms. The second-order valence-corrected chi connectivity index (χ2v) is 8.11. The molecule has 0 spiro atoms. The fourth-order valence-corrected chi connectivity index (χ4v) is 4.70. The predicted octanol–water partition coefficient (Wildman–Crippen LogP) is 4.91. The van der Waals surface area contributed by atoms with E-state index in [1.165, 1.54) is 10.4 Å². The van der Waals surface area contributed by atoms with E-state index in [1.807, 2.05) is 28.2 Å². The van der Waals surface area contributed by atoms with Gasteiger partial charge in [0.05, 0.1) is 19.3 Å². The van der Waals surface area contributed by atoms with Crippen LogP contribution in [0.3, 0.4) is 0 Å². The van der Waals surface area contributed by atoms with Gasteiger partial charge < -0.3 is 4.74 Å². The van der Waals surface area contributed by atoms with E-state index in [4.69, 9.17) is 28.6 Å². The smallest absolute Gasteiger partial charge is 0.217 e. The van der Waals surface area contributed by atoms with E-state index < -0.39 is 0 Å². The number of thiophene rings is 1. The number of nitrogens with zero attached hydrogens (tertiary/aromatic N) is 3. The molecular weight excluding hydrogens is 388 g/mol. The maximum atomic E-state index is 6.14. The van der Waals surface area contributed by atoms with Crippen LogP contribution >= 0.6 is 35.2 Å². The summed E-state index contributed by atoms with van der Waals surface area (Å²) in [5.74, 6) is 1.37. The summed E-state index contributed by atoms with van der Waals surface area (Å²) in [5.41, 5.74) is 2.22.